The highest BCUT2D eigenvalue weighted by atomic mass is 32.1. The molecule has 2 N–H and O–H groups in total. The summed E-state index contributed by atoms with van der Waals surface area (Å²) in [6, 6.07) is 0.654. The first-order valence-electron chi connectivity index (χ1n) is 7.12. The molecule has 18 heavy (non-hydrogen) atoms. The van der Waals surface area contributed by atoms with Crippen LogP contribution in [0.2, 0.25) is 0 Å². The maximum absolute atomic E-state index is 12.9. The zero-order valence-electron chi connectivity index (χ0n) is 11.4. The monoisotopic (exact) mass is 268 g/mol. The first-order valence-corrected chi connectivity index (χ1v) is 7.52. The zero-order valence-corrected chi connectivity index (χ0v) is 12.3. The lowest BCUT2D eigenvalue weighted by Crippen LogP contribution is -2.56. The van der Waals surface area contributed by atoms with Crippen molar-refractivity contribution in [3.05, 3.63) is 0 Å². The van der Waals surface area contributed by atoms with Crippen LogP contribution in [0, 0.1) is 5.41 Å². The highest BCUT2D eigenvalue weighted by Crippen LogP contribution is 2.42. The predicted octanol–water partition coefficient (Wildman–Crippen LogP) is 2.62. The third-order valence-electron chi connectivity index (χ3n) is 4.77. The van der Waals surface area contributed by atoms with Gasteiger partial charge in [0.2, 0.25) is 5.91 Å². The standard InChI is InChI=1S/C14H24N2OS/c1-10-6-5-7-11(2)16(10)13(17)14(12(15)18)8-3-4-9-14/h10-11H,3-9H2,1-2H3,(H2,15,18). The Bertz CT molecular complexity index is 340. The second kappa shape index (κ2) is 5.16. The fourth-order valence-electron chi connectivity index (χ4n) is 3.61. The Hall–Kier alpha value is -0.640. The van der Waals surface area contributed by atoms with Crippen LogP contribution in [0.3, 0.4) is 0 Å². The molecule has 0 aromatic heterocycles. The van der Waals surface area contributed by atoms with E-state index in [0.29, 0.717) is 17.1 Å². The topological polar surface area (TPSA) is 46.3 Å². The molecule has 2 aliphatic rings. The highest BCUT2D eigenvalue weighted by molar-refractivity contribution is 7.80. The van der Waals surface area contributed by atoms with E-state index in [4.69, 9.17) is 18.0 Å². The number of nitrogens with two attached hydrogens (primary N) is 1. The van der Waals surface area contributed by atoms with E-state index in [1.807, 2.05) is 0 Å². The minimum atomic E-state index is -0.533. The summed E-state index contributed by atoms with van der Waals surface area (Å²) in [5, 5.41) is 0. The predicted molar refractivity (Wildman–Crippen MR) is 77.3 cm³/mol. The molecule has 0 aromatic carbocycles. The fraction of sp³-hybridized carbons (Fsp3) is 0.857. The molecule has 1 saturated heterocycles. The summed E-state index contributed by atoms with van der Waals surface area (Å²) < 4.78 is 0. The molecule has 2 rings (SSSR count). The fourth-order valence-corrected chi connectivity index (χ4v) is 3.90. The molecule has 0 radical (unpaired) electrons. The number of likely N-dealkylation sites (tertiary alicyclic amines) is 1. The Balaban J connectivity index is 2.25. The van der Waals surface area contributed by atoms with Gasteiger partial charge in [0.1, 0.15) is 0 Å². The van der Waals surface area contributed by atoms with Crippen molar-refractivity contribution < 1.29 is 4.79 Å². The summed E-state index contributed by atoms with van der Waals surface area (Å²) in [5.74, 6) is 0.201. The normalized spacial score (nSPS) is 31.3. The number of nitrogens with zero attached hydrogens (tertiary/aromatic N) is 1. The van der Waals surface area contributed by atoms with E-state index in [1.54, 1.807) is 0 Å². The number of carbonyl (C=O) groups excluding carboxylic acids is 1. The van der Waals surface area contributed by atoms with Crippen molar-refractivity contribution >= 4 is 23.1 Å². The first kappa shape index (κ1) is 13.8. The lowest BCUT2D eigenvalue weighted by atomic mass is 9.82. The maximum Gasteiger partial charge on any atom is 0.236 e. The van der Waals surface area contributed by atoms with E-state index in [2.05, 4.69) is 18.7 Å². The Morgan fingerprint density at radius 2 is 1.67 bits per heavy atom. The molecule has 3 nitrogen and oxygen atoms in total. The lowest BCUT2D eigenvalue weighted by molar-refractivity contribution is -0.144. The van der Waals surface area contributed by atoms with E-state index < -0.39 is 5.41 Å². The summed E-state index contributed by atoms with van der Waals surface area (Å²) in [6.45, 7) is 4.30. The van der Waals surface area contributed by atoms with Gasteiger partial charge < -0.3 is 10.6 Å². The van der Waals surface area contributed by atoms with Crippen molar-refractivity contribution in [1.82, 2.24) is 4.90 Å². The highest BCUT2D eigenvalue weighted by Gasteiger charge is 2.48. The number of thiocarbonyl (C=S) groups is 1. The van der Waals surface area contributed by atoms with E-state index in [9.17, 15) is 4.79 Å². The summed E-state index contributed by atoms with van der Waals surface area (Å²) in [7, 11) is 0. The summed E-state index contributed by atoms with van der Waals surface area (Å²) in [4.78, 5) is 15.4. The molecule has 102 valence electrons. The van der Waals surface area contributed by atoms with E-state index in [1.165, 1.54) is 6.42 Å². The Morgan fingerprint density at radius 3 is 2.11 bits per heavy atom. The van der Waals surface area contributed by atoms with Crippen molar-refractivity contribution in [3.8, 4) is 0 Å². The molecule has 1 aliphatic carbocycles. The van der Waals surface area contributed by atoms with Crippen molar-refractivity contribution in [1.29, 1.82) is 0 Å². The molecule has 0 spiro atoms. The second-order valence-corrected chi connectivity index (χ2v) is 6.43. The Morgan fingerprint density at radius 1 is 1.17 bits per heavy atom. The van der Waals surface area contributed by atoms with Gasteiger partial charge in [0.25, 0.3) is 0 Å². The number of hydrogen-bond acceptors (Lipinski definition) is 2. The van der Waals surface area contributed by atoms with E-state index in [0.717, 1.165) is 38.5 Å². The number of hydrogen-bond donors (Lipinski definition) is 1. The van der Waals surface area contributed by atoms with Crippen molar-refractivity contribution in [2.24, 2.45) is 11.1 Å². The number of carbonyl (C=O) groups is 1. The summed E-state index contributed by atoms with van der Waals surface area (Å²) in [5.41, 5.74) is 5.38. The largest absolute Gasteiger partial charge is 0.392 e. The minimum absolute atomic E-state index is 0.201. The maximum atomic E-state index is 12.9. The van der Waals surface area contributed by atoms with Crippen LogP contribution in [0.4, 0.5) is 0 Å². The molecule has 2 atom stereocenters. The summed E-state index contributed by atoms with van der Waals surface area (Å²) >= 11 is 5.22. The molecular weight excluding hydrogens is 244 g/mol. The molecule has 2 unspecified atom stereocenters. The molecule has 2 fully saturated rings. The third-order valence-corrected chi connectivity index (χ3v) is 5.16. The molecule has 0 bridgehead atoms. The molecule has 1 saturated carbocycles. The molecular formula is C14H24N2OS. The lowest BCUT2D eigenvalue weighted by Gasteiger charge is -2.43. The number of rotatable bonds is 2. The molecule has 1 aliphatic heterocycles. The molecule has 1 amide bonds. The first-order chi connectivity index (χ1) is 8.49. The van der Waals surface area contributed by atoms with E-state index in [-0.39, 0.29) is 5.91 Å². The van der Waals surface area contributed by atoms with Gasteiger partial charge in [-0.2, -0.15) is 0 Å². The van der Waals surface area contributed by atoms with Crippen molar-refractivity contribution in [3.63, 3.8) is 0 Å². The van der Waals surface area contributed by atoms with Crippen LogP contribution in [0.25, 0.3) is 0 Å². The quantitative estimate of drug-likeness (QED) is 0.783. The zero-order chi connectivity index (χ0) is 13.3. The SMILES string of the molecule is CC1CCCC(C)N1C(=O)C1(C(N)=S)CCCC1. The van der Waals surface area contributed by atoms with Crippen LogP contribution in [-0.4, -0.2) is 27.9 Å². The smallest absolute Gasteiger partial charge is 0.236 e. The van der Waals surface area contributed by atoms with Gasteiger partial charge in [-0.1, -0.05) is 25.1 Å². The van der Waals surface area contributed by atoms with Crippen molar-refractivity contribution in [2.75, 3.05) is 0 Å². The Kier molecular flexibility index (Phi) is 3.95. The van der Waals surface area contributed by atoms with Crippen molar-refractivity contribution in [2.45, 2.75) is 70.9 Å². The number of amides is 1. The van der Waals surface area contributed by atoms with Gasteiger partial charge in [-0.05, 0) is 46.0 Å². The van der Waals surface area contributed by atoms with Crippen LogP contribution < -0.4 is 5.73 Å². The van der Waals surface area contributed by atoms with Gasteiger partial charge in [-0.3, -0.25) is 4.79 Å². The van der Waals surface area contributed by atoms with Gasteiger partial charge in [0, 0.05) is 12.1 Å². The van der Waals surface area contributed by atoms with Crippen LogP contribution in [-0.2, 0) is 4.79 Å². The molecule has 0 aromatic rings. The van der Waals surface area contributed by atoms with Crippen LogP contribution >= 0.6 is 12.2 Å². The van der Waals surface area contributed by atoms with Crippen LogP contribution in [0.15, 0.2) is 0 Å². The van der Waals surface area contributed by atoms with Gasteiger partial charge >= 0.3 is 0 Å². The van der Waals surface area contributed by atoms with E-state index >= 15 is 0 Å². The second-order valence-electron chi connectivity index (χ2n) is 5.99. The average Bonchev–Trinajstić information content (AvgIpc) is 2.78. The van der Waals surface area contributed by atoms with Gasteiger partial charge in [0.15, 0.2) is 0 Å². The summed E-state index contributed by atoms with van der Waals surface area (Å²) in [6.07, 6.45) is 7.24. The van der Waals surface area contributed by atoms with Gasteiger partial charge in [-0.25, -0.2) is 0 Å². The molecule has 4 heteroatoms. The van der Waals surface area contributed by atoms with Crippen LogP contribution in [0.5, 0.6) is 0 Å². The Labute approximate surface area is 115 Å². The van der Waals surface area contributed by atoms with Crippen LogP contribution in [0.1, 0.15) is 58.8 Å². The van der Waals surface area contributed by atoms with Gasteiger partial charge in [-0.15, -0.1) is 0 Å². The minimum Gasteiger partial charge on any atom is -0.392 e. The molecule has 1 heterocycles. The van der Waals surface area contributed by atoms with Gasteiger partial charge in [0.05, 0.1) is 10.4 Å². The average molecular weight is 268 g/mol. The third kappa shape index (κ3) is 2.15. The number of piperidine rings is 1.